The minimum Gasteiger partial charge on any atom is -0.497 e. The quantitative estimate of drug-likeness (QED) is 0.261. The number of ketones is 1. The SMILES string of the molecule is COc1ccc(C)cc1.O=C(CNC(=O)c1ccc2[nH]ncc2c1)NCC(=O)N[C@@H](CC1CCCC1)C(=O)[C@H]1CO1. The zero-order chi connectivity index (χ0) is 29.2. The number of fused-ring (bicyclic) bond motifs is 1. The summed E-state index contributed by atoms with van der Waals surface area (Å²) in [6.45, 7) is 1.92. The normalized spacial score (nSPS) is 16.7. The van der Waals surface area contributed by atoms with Gasteiger partial charge >= 0.3 is 0 Å². The van der Waals surface area contributed by atoms with Crippen molar-refractivity contribution in [2.75, 3.05) is 26.8 Å². The molecule has 1 aliphatic carbocycles. The van der Waals surface area contributed by atoms with Crippen LogP contribution in [0.2, 0.25) is 0 Å². The van der Waals surface area contributed by atoms with Gasteiger partial charge in [-0.1, -0.05) is 43.4 Å². The molecule has 0 spiro atoms. The molecule has 2 atom stereocenters. The monoisotopic (exact) mass is 563 g/mol. The van der Waals surface area contributed by atoms with Crippen molar-refractivity contribution >= 4 is 34.4 Å². The molecule has 1 saturated carbocycles. The van der Waals surface area contributed by atoms with Crippen molar-refractivity contribution in [3.8, 4) is 5.75 Å². The number of amides is 3. The molecule has 1 aliphatic heterocycles. The molecule has 0 bridgehead atoms. The Bertz CT molecular complexity index is 1340. The van der Waals surface area contributed by atoms with Crippen LogP contribution in [0.1, 0.15) is 48.0 Å². The molecule has 5 rings (SSSR count). The number of aromatic amines is 1. The third-order valence-corrected chi connectivity index (χ3v) is 7.19. The van der Waals surface area contributed by atoms with E-state index >= 15 is 0 Å². The Morgan fingerprint density at radius 3 is 2.41 bits per heavy atom. The van der Waals surface area contributed by atoms with Crippen LogP contribution in [0.15, 0.2) is 48.7 Å². The van der Waals surface area contributed by atoms with E-state index in [1.165, 1.54) is 5.56 Å². The average molecular weight is 564 g/mol. The van der Waals surface area contributed by atoms with E-state index in [9.17, 15) is 19.2 Å². The van der Waals surface area contributed by atoms with Crippen molar-refractivity contribution < 1.29 is 28.7 Å². The number of methoxy groups -OCH3 is 1. The summed E-state index contributed by atoms with van der Waals surface area (Å²) in [5, 5.41) is 15.2. The number of rotatable bonds is 11. The Balaban J connectivity index is 0.000000367. The van der Waals surface area contributed by atoms with Crippen LogP contribution in [-0.4, -0.2) is 72.7 Å². The lowest BCUT2D eigenvalue weighted by atomic mass is 9.94. The molecule has 41 heavy (non-hydrogen) atoms. The first-order valence-corrected chi connectivity index (χ1v) is 13.9. The highest BCUT2D eigenvalue weighted by molar-refractivity contribution is 5.99. The van der Waals surface area contributed by atoms with Crippen molar-refractivity contribution in [2.24, 2.45) is 5.92 Å². The molecule has 2 heterocycles. The number of aryl methyl sites for hydroxylation is 1. The Morgan fingerprint density at radius 2 is 1.73 bits per heavy atom. The molecule has 4 N–H and O–H groups in total. The number of Topliss-reactive ketones (excluding diaryl/α,β-unsaturated/α-hetero) is 1. The van der Waals surface area contributed by atoms with Crippen LogP contribution in [0.4, 0.5) is 0 Å². The van der Waals surface area contributed by atoms with Crippen LogP contribution < -0.4 is 20.7 Å². The van der Waals surface area contributed by atoms with Crippen LogP contribution in [0.25, 0.3) is 10.9 Å². The number of H-pyrrole nitrogens is 1. The molecular formula is C30H37N5O6. The standard InChI is InChI=1S/C22H27N5O5.C8H10O/c28-19(10-24-22(31)14-5-6-16-15(8-14)9-25-27-16)23-11-20(29)26-17(21(30)18-12-32-18)7-13-3-1-2-4-13;1-7-3-5-8(9-2)6-4-7/h5-6,8-9,13,17-18H,1-4,7,10-12H2,(H,23,28)(H,24,31)(H,25,27)(H,26,29);3-6H,1-2H3/t17-,18+;/m0./s1. The van der Waals surface area contributed by atoms with Crippen molar-refractivity contribution in [3.63, 3.8) is 0 Å². The summed E-state index contributed by atoms with van der Waals surface area (Å²) in [6, 6.07) is 12.4. The number of ether oxygens (including phenoxy) is 2. The van der Waals surface area contributed by atoms with Gasteiger partial charge in [-0.05, 0) is 49.6 Å². The second kappa shape index (κ2) is 14.4. The maximum absolute atomic E-state index is 12.5. The number of benzene rings is 2. The fraction of sp³-hybridized carbons (Fsp3) is 0.433. The Labute approximate surface area is 238 Å². The van der Waals surface area contributed by atoms with Gasteiger partial charge in [-0.2, -0.15) is 5.10 Å². The minimum absolute atomic E-state index is 0.0987. The number of epoxide rings is 1. The second-order valence-electron chi connectivity index (χ2n) is 10.4. The lowest BCUT2D eigenvalue weighted by Crippen LogP contribution is -2.48. The lowest BCUT2D eigenvalue weighted by molar-refractivity contribution is -0.129. The van der Waals surface area contributed by atoms with E-state index in [1.807, 2.05) is 24.3 Å². The fourth-order valence-electron chi connectivity index (χ4n) is 4.77. The number of carbonyl (C=O) groups is 4. The first-order valence-electron chi connectivity index (χ1n) is 13.9. The van der Waals surface area contributed by atoms with Crippen LogP contribution in [0.5, 0.6) is 5.75 Å². The third-order valence-electron chi connectivity index (χ3n) is 7.19. The number of nitrogens with zero attached hydrogens (tertiary/aromatic N) is 1. The number of hydrogen-bond acceptors (Lipinski definition) is 7. The molecule has 2 aliphatic rings. The van der Waals surface area contributed by atoms with Crippen molar-refractivity contribution in [1.29, 1.82) is 0 Å². The first kappa shape index (κ1) is 29.7. The lowest BCUT2D eigenvalue weighted by Gasteiger charge is -2.20. The number of aromatic nitrogens is 2. The van der Waals surface area contributed by atoms with Gasteiger partial charge in [0.05, 0.1) is 44.6 Å². The second-order valence-corrected chi connectivity index (χ2v) is 10.4. The average Bonchev–Trinajstić information content (AvgIpc) is 3.50. The van der Waals surface area contributed by atoms with E-state index < -0.39 is 29.9 Å². The molecule has 0 radical (unpaired) electrons. The van der Waals surface area contributed by atoms with E-state index in [1.54, 1.807) is 31.5 Å². The van der Waals surface area contributed by atoms with Gasteiger partial charge in [0.1, 0.15) is 11.9 Å². The number of hydrogen-bond donors (Lipinski definition) is 4. The topological polar surface area (TPSA) is 155 Å². The molecule has 1 saturated heterocycles. The summed E-state index contributed by atoms with van der Waals surface area (Å²) < 4.78 is 10.1. The van der Waals surface area contributed by atoms with Gasteiger partial charge in [0, 0.05) is 10.9 Å². The van der Waals surface area contributed by atoms with E-state index in [0.717, 1.165) is 42.3 Å². The first-order chi connectivity index (χ1) is 19.8. The number of nitrogens with one attached hydrogen (secondary N) is 4. The highest BCUT2D eigenvalue weighted by atomic mass is 16.6. The highest BCUT2D eigenvalue weighted by Gasteiger charge is 2.38. The maximum atomic E-state index is 12.5. The summed E-state index contributed by atoms with van der Waals surface area (Å²) in [7, 11) is 1.67. The van der Waals surface area contributed by atoms with E-state index in [2.05, 4.69) is 33.1 Å². The molecule has 11 heteroatoms. The van der Waals surface area contributed by atoms with Gasteiger partial charge in [-0.25, -0.2) is 0 Å². The molecule has 1 aromatic heterocycles. The largest absolute Gasteiger partial charge is 0.497 e. The fourth-order valence-corrected chi connectivity index (χ4v) is 4.77. The van der Waals surface area contributed by atoms with Gasteiger partial charge in [0.25, 0.3) is 5.91 Å². The van der Waals surface area contributed by atoms with Gasteiger partial charge in [0.2, 0.25) is 11.8 Å². The predicted octanol–water partition coefficient (Wildman–Crippen LogP) is 2.45. The summed E-state index contributed by atoms with van der Waals surface area (Å²) >= 11 is 0. The Morgan fingerprint density at radius 1 is 1.02 bits per heavy atom. The molecular weight excluding hydrogens is 526 g/mol. The molecule has 11 nitrogen and oxygen atoms in total. The maximum Gasteiger partial charge on any atom is 0.251 e. The molecule has 3 amide bonds. The zero-order valence-corrected chi connectivity index (χ0v) is 23.4. The van der Waals surface area contributed by atoms with E-state index in [4.69, 9.17) is 9.47 Å². The van der Waals surface area contributed by atoms with Gasteiger partial charge in [0.15, 0.2) is 5.78 Å². The van der Waals surface area contributed by atoms with Crippen LogP contribution in [-0.2, 0) is 19.1 Å². The molecule has 3 aromatic rings. The molecule has 218 valence electrons. The van der Waals surface area contributed by atoms with E-state index in [-0.39, 0.29) is 18.9 Å². The van der Waals surface area contributed by atoms with Crippen LogP contribution >= 0.6 is 0 Å². The third kappa shape index (κ3) is 9.14. The summed E-state index contributed by atoms with van der Waals surface area (Å²) in [6.07, 6.45) is 6.22. The molecule has 2 aromatic carbocycles. The highest BCUT2D eigenvalue weighted by Crippen LogP contribution is 2.29. The number of carbonyl (C=O) groups excluding carboxylic acids is 4. The van der Waals surface area contributed by atoms with Crippen molar-refractivity contribution in [2.45, 2.75) is 51.2 Å². The summed E-state index contributed by atoms with van der Waals surface area (Å²) in [5.74, 6) is -0.0957. The van der Waals surface area contributed by atoms with Crippen molar-refractivity contribution in [3.05, 3.63) is 59.8 Å². The van der Waals surface area contributed by atoms with Crippen LogP contribution in [0, 0.1) is 12.8 Å². The van der Waals surface area contributed by atoms with Gasteiger partial charge < -0.3 is 25.4 Å². The minimum atomic E-state index is -0.590. The zero-order valence-electron chi connectivity index (χ0n) is 23.4. The Hall–Kier alpha value is -4.25. The molecule has 0 unspecified atom stereocenters. The summed E-state index contributed by atoms with van der Waals surface area (Å²) in [5.41, 5.74) is 2.47. The smallest absolute Gasteiger partial charge is 0.251 e. The van der Waals surface area contributed by atoms with Crippen LogP contribution in [0.3, 0.4) is 0 Å². The summed E-state index contributed by atoms with van der Waals surface area (Å²) in [4.78, 5) is 49.1. The molecule has 2 fully saturated rings. The Kier molecular flexibility index (Phi) is 10.4. The van der Waals surface area contributed by atoms with Crippen molar-refractivity contribution in [1.82, 2.24) is 26.1 Å². The predicted molar refractivity (Wildman–Crippen MR) is 152 cm³/mol. The van der Waals surface area contributed by atoms with E-state index in [0.29, 0.717) is 24.5 Å². The van der Waals surface area contributed by atoms with Gasteiger partial charge in [-0.15, -0.1) is 0 Å². The van der Waals surface area contributed by atoms with Gasteiger partial charge in [-0.3, -0.25) is 24.3 Å².